The van der Waals surface area contributed by atoms with Crippen LogP contribution in [0.2, 0.25) is 0 Å². The minimum absolute atomic E-state index is 0.615. The summed E-state index contributed by atoms with van der Waals surface area (Å²) < 4.78 is 1.05. The topological polar surface area (TPSA) is 42.1 Å². The highest BCUT2D eigenvalue weighted by atomic mass is 79.9. The Morgan fingerprint density at radius 3 is 2.35 bits per heavy atom. The quantitative estimate of drug-likeness (QED) is 0.935. The van der Waals surface area contributed by atoms with Gasteiger partial charge in [-0.2, -0.15) is 0 Å². The smallest absolute Gasteiger partial charge is 0.0967 e. The second-order valence-electron chi connectivity index (χ2n) is 5.38. The van der Waals surface area contributed by atoms with Gasteiger partial charge in [0.25, 0.3) is 0 Å². The summed E-state index contributed by atoms with van der Waals surface area (Å²) in [7, 11) is 4.05. The normalized spacial score (nSPS) is 14.3. The molecule has 0 aliphatic heterocycles. The summed E-state index contributed by atoms with van der Waals surface area (Å²) in [4.78, 5) is 6.72. The number of benzene rings is 1. The molecule has 0 radical (unpaired) electrons. The van der Waals surface area contributed by atoms with Gasteiger partial charge in [0.2, 0.25) is 0 Å². The van der Waals surface area contributed by atoms with E-state index in [0.29, 0.717) is 6.54 Å². The Bertz CT molecular complexity index is 581. The Labute approximate surface area is 129 Å². The molecule has 1 atom stereocenters. The van der Waals surface area contributed by atoms with Crippen molar-refractivity contribution in [3.63, 3.8) is 0 Å². The van der Waals surface area contributed by atoms with E-state index in [1.807, 2.05) is 51.4 Å². The molecule has 2 aromatic rings. The van der Waals surface area contributed by atoms with Gasteiger partial charge in [0.15, 0.2) is 0 Å². The molecule has 1 heterocycles. The van der Waals surface area contributed by atoms with Crippen molar-refractivity contribution in [3.05, 3.63) is 63.9 Å². The fourth-order valence-corrected chi connectivity index (χ4v) is 2.62. The lowest BCUT2D eigenvalue weighted by Gasteiger charge is -2.32. The van der Waals surface area contributed by atoms with Gasteiger partial charge in [0, 0.05) is 16.7 Å². The lowest BCUT2D eigenvalue weighted by molar-refractivity contribution is 0.316. The van der Waals surface area contributed by atoms with Crippen LogP contribution in [-0.4, -0.2) is 30.5 Å². The molecule has 2 rings (SSSR count). The first-order valence-corrected chi connectivity index (χ1v) is 7.35. The van der Waals surface area contributed by atoms with Crippen LogP contribution in [0.5, 0.6) is 0 Å². The maximum absolute atomic E-state index is 6.74. The Hall–Kier alpha value is -1.23. The van der Waals surface area contributed by atoms with Crippen molar-refractivity contribution >= 4 is 15.9 Å². The maximum Gasteiger partial charge on any atom is 0.0967 e. The fraction of sp³-hybridized carbons (Fsp3) is 0.312. The van der Waals surface area contributed by atoms with Gasteiger partial charge < -0.3 is 10.6 Å². The molecule has 0 saturated heterocycles. The van der Waals surface area contributed by atoms with Crippen molar-refractivity contribution in [3.8, 4) is 0 Å². The van der Waals surface area contributed by atoms with E-state index in [0.717, 1.165) is 21.4 Å². The summed E-state index contributed by atoms with van der Waals surface area (Å²) in [6.45, 7) is 2.69. The summed E-state index contributed by atoms with van der Waals surface area (Å²) >= 11 is 3.46. The fourth-order valence-electron chi connectivity index (χ4n) is 2.36. The molecule has 1 aromatic carbocycles. The Kier molecular flexibility index (Phi) is 4.58. The lowest BCUT2D eigenvalue weighted by Crippen LogP contribution is -2.47. The second-order valence-corrected chi connectivity index (χ2v) is 6.30. The molecule has 0 amide bonds. The number of hydrogen-bond donors (Lipinski definition) is 1. The monoisotopic (exact) mass is 333 g/mol. The van der Waals surface area contributed by atoms with E-state index in [1.54, 1.807) is 0 Å². The van der Waals surface area contributed by atoms with Crippen LogP contribution in [0.4, 0.5) is 0 Å². The van der Waals surface area contributed by atoms with Gasteiger partial charge in [-0.3, -0.25) is 4.98 Å². The molecule has 0 saturated carbocycles. The van der Waals surface area contributed by atoms with Crippen molar-refractivity contribution < 1.29 is 0 Å². The molecule has 0 fully saturated rings. The third kappa shape index (κ3) is 3.26. The van der Waals surface area contributed by atoms with E-state index in [2.05, 4.69) is 37.9 Å². The molecule has 1 aromatic heterocycles. The predicted molar refractivity (Wildman–Crippen MR) is 86.6 cm³/mol. The van der Waals surface area contributed by atoms with Gasteiger partial charge in [0.1, 0.15) is 0 Å². The van der Waals surface area contributed by atoms with Crippen molar-refractivity contribution in [2.75, 3.05) is 20.6 Å². The molecular weight excluding hydrogens is 314 g/mol. The number of hydrogen-bond acceptors (Lipinski definition) is 3. The van der Waals surface area contributed by atoms with Crippen molar-refractivity contribution in [2.24, 2.45) is 5.73 Å². The molecule has 0 bridgehead atoms. The van der Waals surface area contributed by atoms with Crippen molar-refractivity contribution in [1.82, 2.24) is 9.88 Å². The molecule has 0 aliphatic rings. The first kappa shape index (κ1) is 15.2. The second kappa shape index (κ2) is 6.04. The van der Waals surface area contributed by atoms with E-state index in [4.69, 9.17) is 5.73 Å². The number of nitrogens with zero attached hydrogens (tertiary/aromatic N) is 2. The molecule has 2 N–H and O–H groups in total. The molecule has 4 heteroatoms. The largest absolute Gasteiger partial charge is 0.315 e. The standard InChI is InChI=1S/C16H20BrN3/c1-12-5-4-6-15(19-12)16(18,11-20(2)3)13-7-9-14(17)10-8-13/h4-10H,11,18H2,1-3H3. The van der Waals surface area contributed by atoms with E-state index in [-0.39, 0.29) is 0 Å². The summed E-state index contributed by atoms with van der Waals surface area (Å²) in [5, 5.41) is 0. The van der Waals surface area contributed by atoms with Gasteiger partial charge in [0.05, 0.1) is 11.2 Å². The highest BCUT2D eigenvalue weighted by Crippen LogP contribution is 2.27. The summed E-state index contributed by atoms with van der Waals surface area (Å²) in [6.07, 6.45) is 0. The van der Waals surface area contributed by atoms with Crippen LogP contribution in [0.1, 0.15) is 17.0 Å². The highest BCUT2D eigenvalue weighted by Gasteiger charge is 2.31. The number of rotatable bonds is 4. The van der Waals surface area contributed by atoms with Gasteiger partial charge in [-0.05, 0) is 50.8 Å². The zero-order valence-corrected chi connectivity index (χ0v) is 13.7. The van der Waals surface area contributed by atoms with Crippen LogP contribution in [0.3, 0.4) is 0 Å². The van der Waals surface area contributed by atoms with Crippen LogP contribution in [0, 0.1) is 6.92 Å². The molecular formula is C16H20BrN3. The lowest BCUT2D eigenvalue weighted by atomic mass is 9.86. The molecule has 106 valence electrons. The first-order chi connectivity index (χ1) is 9.41. The highest BCUT2D eigenvalue weighted by molar-refractivity contribution is 9.10. The molecule has 0 aliphatic carbocycles. The Morgan fingerprint density at radius 1 is 1.15 bits per heavy atom. The summed E-state index contributed by atoms with van der Waals surface area (Å²) in [5.74, 6) is 0. The number of nitrogens with two attached hydrogens (primary N) is 1. The number of halogens is 1. The van der Waals surface area contributed by atoms with Crippen LogP contribution < -0.4 is 5.73 Å². The minimum Gasteiger partial charge on any atom is -0.315 e. The molecule has 1 unspecified atom stereocenters. The average molecular weight is 334 g/mol. The van der Waals surface area contributed by atoms with E-state index in [1.165, 1.54) is 0 Å². The predicted octanol–water partition coefficient (Wildman–Crippen LogP) is 2.92. The SMILES string of the molecule is Cc1cccc(C(N)(CN(C)C)c2ccc(Br)cc2)n1. The third-order valence-corrected chi connectivity index (χ3v) is 3.80. The number of likely N-dealkylation sites (N-methyl/N-ethyl adjacent to an activating group) is 1. The van der Waals surface area contributed by atoms with Crippen molar-refractivity contribution in [1.29, 1.82) is 0 Å². The van der Waals surface area contributed by atoms with E-state index < -0.39 is 5.54 Å². The number of aromatic nitrogens is 1. The zero-order valence-electron chi connectivity index (χ0n) is 12.1. The minimum atomic E-state index is -0.615. The van der Waals surface area contributed by atoms with Gasteiger partial charge in [-0.25, -0.2) is 0 Å². The zero-order chi connectivity index (χ0) is 14.8. The number of pyridine rings is 1. The maximum atomic E-state index is 6.74. The molecule has 20 heavy (non-hydrogen) atoms. The first-order valence-electron chi connectivity index (χ1n) is 6.55. The third-order valence-electron chi connectivity index (χ3n) is 3.27. The van der Waals surface area contributed by atoms with Crippen LogP contribution in [0.25, 0.3) is 0 Å². The van der Waals surface area contributed by atoms with E-state index >= 15 is 0 Å². The van der Waals surface area contributed by atoms with Gasteiger partial charge in [-0.15, -0.1) is 0 Å². The summed E-state index contributed by atoms with van der Waals surface area (Å²) in [5.41, 5.74) is 9.07. The molecule has 3 nitrogen and oxygen atoms in total. The van der Waals surface area contributed by atoms with Gasteiger partial charge in [-0.1, -0.05) is 34.1 Å². The Morgan fingerprint density at radius 2 is 1.80 bits per heavy atom. The van der Waals surface area contributed by atoms with E-state index in [9.17, 15) is 0 Å². The van der Waals surface area contributed by atoms with Gasteiger partial charge >= 0.3 is 0 Å². The number of aryl methyl sites for hydroxylation is 1. The van der Waals surface area contributed by atoms with Crippen LogP contribution in [0.15, 0.2) is 46.9 Å². The van der Waals surface area contributed by atoms with Crippen LogP contribution >= 0.6 is 15.9 Å². The molecule has 0 spiro atoms. The van der Waals surface area contributed by atoms with Crippen LogP contribution in [-0.2, 0) is 5.54 Å². The average Bonchev–Trinajstić information content (AvgIpc) is 2.38. The summed E-state index contributed by atoms with van der Waals surface area (Å²) in [6, 6.07) is 14.1. The Balaban J connectivity index is 2.52. The van der Waals surface area contributed by atoms with Crippen molar-refractivity contribution in [2.45, 2.75) is 12.5 Å².